The number of benzene rings is 2. The highest BCUT2D eigenvalue weighted by atomic mass is 16.5. The largest absolute Gasteiger partial charge is 0.497 e. The lowest BCUT2D eigenvalue weighted by molar-refractivity contribution is 0.102. The van der Waals surface area contributed by atoms with Crippen molar-refractivity contribution < 1.29 is 9.53 Å². The molecule has 0 fully saturated rings. The Kier molecular flexibility index (Phi) is 6.22. The molecule has 0 saturated heterocycles. The fraction of sp³-hybridized carbons (Fsp3) is 0.227. The fourth-order valence-electron chi connectivity index (χ4n) is 2.83. The summed E-state index contributed by atoms with van der Waals surface area (Å²) in [4.78, 5) is 23.8. The third kappa shape index (κ3) is 4.85. The minimum Gasteiger partial charge on any atom is -0.497 e. The van der Waals surface area contributed by atoms with E-state index in [1.54, 1.807) is 19.2 Å². The highest BCUT2D eigenvalue weighted by Gasteiger charge is 2.15. The van der Waals surface area contributed by atoms with Crippen LogP contribution in [-0.2, 0) is 6.54 Å². The predicted molar refractivity (Wildman–Crippen MR) is 111 cm³/mol. The molecule has 0 aliphatic heterocycles. The smallest absolute Gasteiger partial charge is 0.274 e. The lowest BCUT2D eigenvalue weighted by Crippen LogP contribution is -2.26. The minimum atomic E-state index is -0.282. The maximum absolute atomic E-state index is 12.7. The van der Waals surface area contributed by atoms with Gasteiger partial charge in [0.05, 0.1) is 7.11 Å². The van der Waals surface area contributed by atoms with Gasteiger partial charge in [0, 0.05) is 30.5 Å². The van der Waals surface area contributed by atoms with Gasteiger partial charge < -0.3 is 15.0 Å². The Hall–Kier alpha value is -3.41. The van der Waals surface area contributed by atoms with Crippen molar-refractivity contribution in [1.82, 2.24) is 9.97 Å². The third-order valence-corrected chi connectivity index (χ3v) is 4.28. The molecule has 6 nitrogen and oxygen atoms in total. The minimum absolute atomic E-state index is 0.282. The molecule has 0 radical (unpaired) electrons. The number of nitrogens with zero attached hydrogens (tertiary/aromatic N) is 3. The van der Waals surface area contributed by atoms with Crippen LogP contribution in [-0.4, -0.2) is 29.5 Å². The Morgan fingerprint density at radius 3 is 2.57 bits per heavy atom. The van der Waals surface area contributed by atoms with Gasteiger partial charge in [0.25, 0.3) is 5.91 Å². The molecule has 3 aromatic rings. The number of carbonyl (C=O) groups excluding carboxylic acids is 1. The van der Waals surface area contributed by atoms with Crippen molar-refractivity contribution in [3.05, 3.63) is 77.6 Å². The fourth-order valence-corrected chi connectivity index (χ4v) is 2.83. The van der Waals surface area contributed by atoms with Gasteiger partial charge in [-0.1, -0.05) is 36.4 Å². The van der Waals surface area contributed by atoms with Crippen LogP contribution < -0.4 is 15.0 Å². The quantitative estimate of drug-likeness (QED) is 0.673. The molecule has 1 amide bonds. The predicted octanol–water partition coefficient (Wildman–Crippen LogP) is 4.07. The molecule has 1 heterocycles. The van der Waals surface area contributed by atoms with Crippen LogP contribution in [0.2, 0.25) is 0 Å². The highest BCUT2D eigenvalue weighted by molar-refractivity contribution is 6.03. The number of methoxy groups -OCH3 is 1. The maximum Gasteiger partial charge on any atom is 0.274 e. The standard InChI is InChI=1S/C22H24N4O2/c1-4-26(15-17-9-6-5-7-10-17)22-23-16(2)13-20(25-22)21(27)24-18-11-8-12-19(14-18)28-3/h5-14H,4,15H2,1-3H3,(H,24,27). The van der Waals surface area contributed by atoms with Crippen LogP contribution in [0.4, 0.5) is 11.6 Å². The van der Waals surface area contributed by atoms with Gasteiger partial charge in [0.2, 0.25) is 5.95 Å². The molecule has 0 unspecified atom stereocenters. The molecule has 2 aromatic carbocycles. The number of rotatable bonds is 7. The first kappa shape index (κ1) is 19.4. The van der Waals surface area contributed by atoms with E-state index in [4.69, 9.17) is 4.74 Å². The number of aromatic nitrogens is 2. The van der Waals surface area contributed by atoms with Crippen LogP contribution in [0.3, 0.4) is 0 Å². The molecule has 1 aromatic heterocycles. The first-order valence-corrected chi connectivity index (χ1v) is 9.19. The van der Waals surface area contributed by atoms with Crippen LogP contribution in [0, 0.1) is 6.92 Å². The number of carbonyl (C=O) groups is 1. The van der Waals surface area contributed by atoms with E-state index in [0.29, 0.717) is 29.6 Å². The summed E-state index contributed by atoms with van der Waals surface area (Å²) in [7, 11) is 1.59. The first-order chi connectivity index (χ1) is 13.6. The Bertz CT molecular complexity index is 944. The van der Waals surface area contributed by atoms with Crippen LogP contribution in [0.1, 0.15) is 28.7 Å². The average molecular weight is 376 g/mol. The number of nitrogens with one attached hydrogen (secondary N) is 1. The average Bonchev–Trinajstić information content (AvgIpc) is 2.72. The summed E-state index contributed by atoms with van der Waals surface area (Å²) >= 11 is 0. The summed E-state index contributed by atoms with van der Waals surface area (Å²) < 4.78 is 5.20. The Morgan fingerprint density at radius 2 is 1.86 bits per heavy atom. The van der Waals surface area contributed by atoms with E-state index >= 15 is 0 Å². The zero-order valence-corrected chi connectivity index (χ0v) is 16.3. The summed E-state index contributed by atoms with van der Waals surface area (Å²) in [6.45, 7) is 5.32. The van der Waals surface area contributed by atoms with Crippen molar-refractivity contribution in [2.45, 2.75) is 20.4 Å². The third-order valence-electron chi connectivity index (χ3n) is 4.28. The van der Waals surface area contributed by atoms with Gasteiger partial charge in [0.1, 0.15) is 11.4 Å². The Morgan fingerprint density at radius 1 is 1.07 bits per heavy atom. The van der Waals surface area contributed by atoms with Crippen molar-refractivity contribution >= 4 is 17.5 Å². The molecule has 0 bridgehead atoms. The van der Waals surface area contributed by atoms with E-state index in [0.717, 1.165) is 17.8 Å². The van der Waals surface area contributed by atoms with Gasteiger partial charge in [0.15, 0.2) is 0 Å². The molecule has 0 aliphatic rings. The molecular weight excluding hydrogens is 352 g/mol. The van der Waals surface area contributed by atoms with Crippen molar-refractivity contribution in [2.24, 2.45) is 0 Å². The lowest BCUT2D eigenvalue weighted by atomic mass is 10.2. The molecular formula is C22H24N4O2. The van der Waals surface area contributed by atoms with Crippen molar-refractivity contribution in [3.8, 4) is 5.75 Å². The molecule has 0 spiro atoms. The van der Waals surface area contributed by atoms with Crippen molar-refractivity contribution in [3.63, 3.8) is 0 Å². The summed E-state index contributed by atoms with van der Waals surface area (Å²) in [5.74, 6) is 0.940. The topological polar surface area (TPSA) is 67.4 Å². The molecule has 28 heavy (non-hydrogen) atoms. The molecule has 0 aliphatic carbocycles. The number of aryl methyl sites for hydroxylation is 1. The van der Waals surface area contributed by atoms with E-state index in [1.807, 2.05) is 55.1 Å². The lowest BCUT2D eigenvalue weighted by Gasteiger charge is -2.21. The summed E-state index contributed by atoms with van der Waals surface area (Å²) in [6, 6.07) is 19.0. The SMILES string of the molecule is CCN(Cc1ccccc1)c1nc(C)cc(C(=O)Nc2cccc(OC)c2)n1. The van der Waals surface area contributed by atoms with Crippen molar-refractivity contribution in [2.75, 3.05) is 23.9 Å². The Balaban J connectivity index is 1.82. The van der Waals surface area contributed by atoms with E-state index < -0.39 is 0 Å². The number of hydrogen-bond acceptors (Lipinski definition) is 5. The van der Waals surface area contributed by atoms with Crippen LogP contribution in [0.25, 0.3) is 0 Å². The summed E-state index contributed by atoms with van der Waals surface area (Å²) in [5, 5.41) is 2.87. The maximum atomic E-state index is 12.7. The molecule has 3 rings (SSSR count). The van der Waals surface area contributed by atoms with Crippen molar-refractivity contribution in [1.29, 1.82) is 0 Å². The second-order valence-corrected chi connectivity index (χ2v) is 6.38. The number of ether oxygens (including phenoxy) is 1. The van der Waals surface area contributed by atoms with Gasteiger partial charge >= 0.3 is 0 Å². The molecule has 144 valence electrons. The molecule has 6 heteroatoms. The summed E-state index contributed by atoms with van der Waals surface area (Å²) in [6.07, 6.45) is 0. The summed E-state index contributed by atoms with van der Waals surface area (Å²) in [5.41, 5.74) is 2.89. The Labute approximate surface area is 165 Å². The monoisotopic (exact) mass is 376 g/mol. The van der Waals surface area contributed by atoms with Gasteiger partial charge in [-0.25, -0.2) is 9.97 Å². The zero-order valence-electron chi connectivity index (χ0n) is 16.3. The zero-order chi connectivity index (χ0) is 19.9. The molecule has 1 N–H and O–H groups in total. The van der Waals surface area contributed by atoms with Crippen LogP contribution >= 0.6 is 0 Å². The van der Waals surface area contributed by atoms with E-state index in [1.165, 1.54) is 0 Å². The second kappa shape index (κ2) is 8.99. The van der Waals surface area contributed by atoms with E-state index in [9.17, 15) is 4.79 Å². The normalized spacial score (nSPS) is 10.4. The van der Waals surface area contributed by atoms with E-state index in [2.05, 4.69) is 27.4 Å². The van der Waals surface area contributed by atoms with Gasteiger partial charge in [-0.05, 0) is 37.6 Å². The van der Waals surface area contributed by atoms with Gasteiger partial charge in [-0.2, -0.15) is 0 Å². The number of anilines is 2. The number of amides is 1. The van der Waals surface area contributed by atoms with Gasteiger partial charge in [-0.15, -0.1) is 0 Å². The van der Waals surface area contributed by atoms with Crippen LogP contribution in [0.5, 0.6) is 5.75 Å². The number of hydrogen-bond donors (Lipinski definition) is 1. The first-order valence-electron chi connectivity index (χ1n) is 9.19. The van der Waals surface area contributed by atoms with Crippen LogP contribution in [0.15, 0.2) is 60.7 Å². The molecule has 0 atom stereocenters. The molecule has 0 saturated carbocycles. The van der Waals surface area contributed by atoms with Gasteiger partial charge in [-0.3, -0.25) is 4.79 Å². The van der Waals surface area contributed by atoms with E-state index in [-0.39, 0.29) is 5.91 Å². The highest BCUT2D eigenvalue weighted by Crippen LogP contribution is 2.19. The second-order valence-electron chi connectivity index (χ2n) is 6.38.